The van der Waals surface area contributed by atoms with Crippen molar-refractivity contribution < 1.29 is 13.2 Å². The van der Waals surface area contributed by atoms with Crippen LogP contribution in [0.15, 0.2) is 52.3 Å². The van der Waals surface area contributed by atoms with Gasteiger partial charge in [-0.1, -0.05) is 17.7 Å². The van der Waals surface area contributed by atoms with Crippen LogP contribution in [0, 0.1) is 10.5 Å². The molecule has 0 bridgehead atoms. The number of ether oxygens (including phenoxy) is 1. The van der Waals surface area contributed by atoms with Gasteiger partial charge >= 0.3 is 0 Å². The number of halogens is 1. The van der Waals surface area contributed by atoms with Gasteiger partial charge in [0.2, 0.25) is 10.0 Å². The average molecular weight is 463 g/mol. The third-order valence-electron chi connectivity index (χ3n) is 3.12. The van der Waals surface area contributed by atoms with Gasteiger partial charge in [0.25, 0.3) is 0 Å². The summed E-state index contributed by atoms with van der Waals surface area (Å²) in [6.07, 6.45) is 0. The van der Waals surface area contributed by atoms with Crippen LogP contribution in [0.3, 0.4) is 0 Å². The SMILES string of the molecule is COc1ccc(S(=O)(=O)NCCSc2ccc(C)cc2)cc1I. The van der Waals surface area contributed by atoms with E-state index < -0.39 is 10.0 Å². The molecular weight excluding hydrogens is 445 g/mol. The molecule has 0 amide bonds. The Balaban J connectivity index is 1.91. The third kappa shape index (κ3) is 5.37. The van der Waals surface area contributed by atoms with Gasteiger partial charge in [0.05, 0.1) is 15.6 Å². The highest BCUT2D eigenvalue weighted by molar-refractivity contribution is 14.1. The maximum absolute atomic E-state index is 12.3. The molecule has 4 nitrogen and oxygen atoms in total. The van der Waals surface area contributed by atoms with Crippen molar-refractivity contribution in [1.82, 2.24) is 4.72 Å². The Kier molecular flexibility index (Phi) is 6.75. The molecule has 0 atom stereocenters. The fourth-order valence-electron chi connectivity index (χ4n) is 1.88. The van der Waals surface area contributed by atoms with Gasteiger partial charge in [-0.3, -0.25) is 0 Å². The van der Waals surface area contributed by atoms with Crippen LogP contribution in [0.25, 0.3) is 0 Å². The molecular formula is C16H18INO3S2. The molecule has 2 aromatic rings. The zero-order valence-electron chi connectivity index (χ0n) is 12.9. The van der Waals surface area contributed by atoms with Crippen molar-refractivity contribution >= 4 is 44.4 Å². The second-order valence-electron chi connectivity index (χ2n) is 4.86. The highest BCUT2D eigenvalue weighted by atomic mass is 127. The minimum absolute atomic E-state index is 0.253. The van der Waals surface area contributed by atoms with Crippen LogP contribution >= 0.6 is 34.4 Å². The molecule has 0 aliphatic carbocycles. The Morgan fingerprint density at radius 1 is 1.17 bits per heavy atom. The summed E-state index contributed by atoms with van der Waals surface area (Å²) in [4.78, 5) is 1.39. The molecule has 0 aliphatic rings. The summed E-state index contributed by atoms with van der Waals surface area (Å²) < 4.78 is 33.1. The van der Waals surface area contributed by atoms with E-state index in [1.54, 1.807) is 37.1 Å². The smallest absolute Gasteiger partial charge is 0.240 e. The Bertz CT molecular complexity index is 761. The highest BCUT2D eigenvalue weighted by Crippen LogP contribution is 2.24. The molecule has 23 heavy (non-hydrogen) atoms. The van der Waals surface area contributed by atoms with E-state index in [1.807, 2.05) is 31.2 Å². The number of benzene rings is 2. The fourth-order valence-corrected chi connectivity index (χ4v) is 4.78. The number of methoxy groups -OCH3 is 1. The standard InChI is InChI=1S/C16H18INO3S2/c1-12-3-5-13(6-4-12)22-10-9-18-23(19,20)14-7-8-16(21-2)15(17)11-14/h3-8,11,18H,9-10H2,1-2H3. The lowest BCUT2D eigenvalue weighted by Crippen LogP contribution is -2.26. The van der Waals surface area contributed by atoms with Crippen molar-refractivity contribution in [2.24, 2.45) is 0 Å². The van der Waals surface area contributed by atoms with Crippen molar-refractivity contribution in [3.8, 4) is 5.75 Å². The lowest BCUT2D eigenvalue weighted by Gasteiger charge is -2.09. The van der Waals surface area contributed by atoms with Gasteiger partial charge in [-0.15, -0.1) is 11.8 Å². The summed E-state index contributed by atoms with van der Waals surface area (Å²) in [7, 11) is -1.93. The molecule has 7 heteroatoms. The predicted molar refractivity (Wildman–Crippen MR) is 103 cm³/mol. The van der Waals surface area contributed by atoms with Gasteiger partial charge in [-0.05, 0) is 59.8 Å². The fraction of sp³-hybridized carbons (Fsp3) is 0.250. The van der Waals surface area contributed by atoms with Crippen LogP contribution in [-0.2, 0) is 10.0 Å². The molecule has 0 heterocycles. The van der Waals surface area contributed by atoms with Gasteiger partial charge in [0.1, 0.15) is 5.75 Å². The maximum atomic E-state index is 12.3. The third-order valence-corrected chi connectivity index (χ3v) is 6.43. The average Bonchev–Trinajstić information content (AvgIpc) is 2.53. The van der Waals surface area contributed by atoms with Crippen LogP contribution in [0.1, 0.15) is 5.56 Å². The van der Waals surface area contributed by atoms with Crippen LogP contribution < -0.4 is 9.46 Å². The van der Waals surface area contributed by atoms with E-state index in [4.69, 9.17) is 4.74 Å². The van der Waals surface area contributed by atoms with E-state index in [2.05, 4.69) is 27.3 Å². The minimum atomic E-state index is -3.49. The number of rotatable bonds is 7. The van der Waals surface area contributed by atoms with Crippen molar-refractivity contribution in [3.05, 3.63) is 51.6 Å². The molecule has 2 rings (SSSR count). The molecule has 0 unspecified atom stereocenters. The van der Waals surface area contributed by atoms with Crippen LogP contribution in [-0.4, -0.2) is 27.8 Å². The van der Waals surface area contributed by atoms with Gasteiger partial charge in [0, 0.05) is 17.2 Å². The summed E-state index contributed by atoms with van der Waals surface area (Å²) in [6, 6.07) is 13.0. The lowest BCUT2D eigenvalue weighted by molar-refractivity contribution is 0.411. The normalized spacial score (nSPS) is 11.4. The Hall–Kier alpha value is -0.770. The van der Waals surface area contributed by atoms with Gasteiger partial charge < -0.3 is 4.74 Å². The first-order valence-corrected chi connectivity index (χ1v) is 10.5. The molecule has 124 valence electrons. The Morgan fingerprint density at radius 2 is 1.87 bits per heavy atom. The van der Waals surface area contributed by atoms with Gasteiger partial charge in [-0.25, -0.2) is 13.1 Å². The first-order valence-electron chi connectivity index (χ1n) is 6.95. The molecule has 0 aromatic heterocycles. The van der Waals surface area contributed by atoms with Crippen molar-refractivity contribution in [3.63, 3.8) is 0 Å². The largest absolute Gasteiger partial charge is 0.496 e. The second kappa shape index (κ2) is 8.36. The topological polar surface area (TPSA) is 55.4 Å². The minimum Gasteiger partial charge on any atom is -0.496 e. The van der Waals surface area contributed by atoms with Crippen molar-refractivity contribution in [2.75, 3.05) is 19.4 Å². The van der Waals surface area contributed by atoms with E-state index >= 15 is 0 Å². The molecule has 0 saturated heterocycles. The predicted octanol–water partition coefficient (Wildman–Crippen LogP) is 3.68. The van der Waals surface area contributed by atoms with E-state index in [9.17, 15) is 8.42 Å². The number of hydrogen-bond donors (Lipinski definition) is 1. The first kappa shape index (κ1) is 18.6. The van der Waals surface area contributed by atoms with Gasteiger partial charge in [0.15, 0.2) is 0 Å². The van der Waals surface area contributed by atoms with Crippen molar-refractivity contribution in [2.45, 2.75) is 16.7 Å². The summed E-state index contributed by atoms with van der Waals surface area (Å²) in [6.45, 7) is 2.42. The monoisotopic (exact) mass is 463 g/mol. The van der Waals surface area contributed by atoms with Crippen LogP contribution in [0.2, 0.25) is 0 Å². The van der Waals surface area contributed by atoms with Crippen molar-refractivity contribution in [1.29, 1.82) is 0 Å². The van der Waals surface area contributed by atoms with Gasteiger partial charge in [-0.2, -0.15) is 0 Å². The number of aryl methyl sites for hydroxylation is 1. The van der Waals surface area contributed by atoms with Crippen LogP contribution in [0.4, 0.5) is 0 Å². The highest BCUT2D eigenvalue weighted by Gasteiger charge is 2.15. The molecule has 0 spiro atoms. The summed E-state index contributed by atoms with van der Waals surface area (Å²) in [5.74, 6) is 1.34. The maximum Gasteiger partial charge on any atom is 0.240 e. The summed E-state index contributed by atoms with van der Waals surface area (Å²) in [5, 5.41) is 0. The van der Waals surface area contributed by atoms with E-state index in [0.29, 0.717) is 18.0 Å². The zero-order valence-corrected chi connectivity index (χ0v) is 16.7. The quantitative estimate of drug-likeness (QED) is 0.387. The molecule has 0 aliphatic heterocycles. The van der Waals surface area contributed by atoms with E-state index in [-0.39, 0.29) is 4.90 Å². The molecule has 1 N–H and O–H groups in total. The summed E-state index contributed by atoms with van der Waals surface area (Å²) in [5.41, 5.74) is 1.21. The number of nitrogens with one attached hydrogen (secondary N) is 1. The van der Waals surface area contributed by atoms with Crippen LogP contribution in [0.5, 0.6) is 5.75 Å². The first-order chi connectivity index (χ1) is 10.9. The second-order valence-corrected chi connectivity index (χ2v) is 8.95. The molecule has 0 fully saturated rings. The summed E-state index contributed by atoms with van der Waals surface area (Å²) >= 11 is 3.69. The lowest BCUT2D eigenvalue weighted by atomic mass is 10.2. The molecule has 0 radical (unpaired) electrons. The Morgan fingerprint density at radius 3 is 2.48 bits per heavy atom. The number of thioether (sulfide) groups is 1. The Labute approximate surface area is 155 Å². The van der Waals surface area contributed by atoms with E-state index in [1.165, 1.54) is 5.56 Å². The zero-order chi connectivity index (χ0) is 16.9. The van der Waals surface area contributed by atoms with E-state index in [0.717, 1.165) is 8.47 Å². The molecule has 2 aromatic carbocycles. The number of sulfonamides is 1. The molecule has 0 saturated carbocycles. The number of hydrogen-bond acceptors (Lipinski definition) is 4.